The summed E-state index contributed by atoms with van der Waals surface area (Å²) in [7, 11) is -4.18. The summed E-state index contributed by atoms with van der Waals surface area (Å²) in [4.78, 5) is 16.1. The maximum Gasteiger partial charge on any atom is 0.469 e. The number of phosphoric ester groups is 1. The van der Waals surface area contributed by atoms with E-state index in [0.29, 0.717) is 6.42 Å². The molecule has 0 saturated carbocycles. The summed E-state index contributed by atoms with van der Waals surface area (Å²) in [6.45, 7) is 1.89. The molecular formula is C3H9O4PPt. The van der Waals surface area contributed by atoms with E-state index in [1.165, 1.54) is 0 Å². The van der Waals surface area contributed by atoms with Gasteiger partial charge in [0.05, 0.1) is 6.61 Å². The van der Waals surface area contributed by atoms with Gasteiger partial charge in [0.15, 0.2) is 0 Å². The summed E-state index contributed by atoms with van der Waals surface area (Å²) in [5.74, 6) is 0. The van der Waals surface area contributed by atoms with E-state index in [1.807, 2.05) is 0 Å². The predicted molar refractivity (Wildman–Crippen MR) is 28.3 cm³/mol. The summed E-state index contributed by atoms with van der Waals surface area (Å²) in [6, 6.07) is 0. The molecule has 4 nitrogen and oxygen atoms in total. The van der Waals surface area contributed by atoms with E-state index in [4.69, 9.17) is 9.79 Å². The average molecular weight is 335 g/mol. The second-order valence-corrected chi connectivity index (χ2v) is 2.56. The Bertz CT molecular complexity index is 100.0. The molecule has 0 aliphatic rings. The Balaban J connectivity index is 0. The third-order valence-electron chi connectivity index (χ3n) is 0.464. The summed E-state index contributed by atoms with van der Waals surface area (Å²) in [6.07, 6.45) is 0.616. The van der Waals surface area contributed by atoms with Gasteiger partial charge in [0.25, 0.3) is 0 Å². The first-order valence-electron chi connectivity index (χ1n) is 2.26. The van der Waals surface area contributed by atoms with E-state index in [-0.39, 0.29) is 27.7 Å². The van der Waals surface area contributed by atoms with Crippen LogP contribution in [-0.4, -0.2) is 16.4 Å². The van der Waals surface area contributed by atoms with E-state index in [9.17, 15) is 4.57 Å². The fraction of sp³-hybridized carbons (Fsp3) is 1.00. The first-order chi connectivity index (χ1) is 3.56. The second-order valence-electron chi connectivity index (χ2n) is 1.32. The first-order valence-corrected chi connectivity index (χ1v) is 3.79. The molecule has 0 radical (unpaired) electrons. The van der Waals surface area contributed by atoms with Crippen molar-refractivity contribution in [2.75, 3.05) is 6.61 Å². The van der Waals surface area contributed by atoms with Crippen molar-refractivity contribution in [1.82, 2.24) is 0 Å². The van der Waals surface area contributed by atoms with Crippen LogP contribution in [0.25, 0.3) is 0 Å². The quantitative estimate of drug-likeness (QED) is 0.738. The molecule has 2 N–H and O–H groups in total. The minimum atomic E-state index is -4.18. The molecule has 0 spiro atoms. The normalized spacial score (nSPS) is 10.6. The topological polar surface area (TPSA) is 66.8 Å². The monoisotopic (exact) mass is 335 g/mol. The molecule has 0 amide bonds. The van der Waals surface area contributed by atoms with Crippen LogP contribution in [0.3, 0.4) is 0 Å². The van der Waals surface area contributed by atoms with Gasteiger partial charge in [-0.05, 0) is 6.42 Å². The molecule has 9 heavy (non-hydrogen) atoms. The molecule has 6 heteroatoms. The molecule has 0 rings (SSSR count). The van der Waals surface area contributed by atoms with E-state index in [0.717, 1.165) is 0 Å². The third kappa shape index (κ3) is 12.1. The predicted octanol–water partition coefficient (Wildman–Crippen LogP) is 0.503. The molecule has 0 saturated heterocycles. The van der Waals surface area contributed by atoms with E-state index >= 15 is 0 Å². The Morgan fingerprint density at radius 1 is 1.56 bits per heavy atom. The van der Waals surface area contributed by atoms with Crippen LogP contribution < -0.4 is 0 Å². The van der Waals surface area contributed by atoms with Gasteiger partial charge >= 0.3 is 7.82 Å². The van der Waals surface area contributed by atoms with Crippen LogP contribution in [-0.2, 0) is 30.2 Å². The zero-order chi connectivity index (χ0) is 6.62. The van der Waals surface area contributed by atoms with E-state index < -0.39 is 7.82 Å². The molecule has 60 valence electrons. The zero-order valence-electron chi connectivity index (χ0n) is 4.89. The average Bonchev–Trinajstić information content (AvgIpc) is 1.59. The summed E-state index contributed by atoms with van der Waals surface area (Å²) in [5.41, 5.74) is 0. The number of phosphoric acid groups is 1. The van der Waals surface area contributed by atoms with Gasteiger partial charge in [-0.3, -0.25) is 4.52 Å². The Labute approximate surface area is 68.1 Å². The van der Waals surface area contributed by atoms with Crippen molar-refractivity contribution in [3.05, 3.63) is 0 Å². The molecule has 0 unspecified atom stereocenters. The van der Waals surface area contributed by atoms with E-state index in [2.05, 4.69) is 4.52 Å². The molecular weight excluding hydrogens is 326 g/mol. The van der Waals surface area contributed by atoms with Gasteiger partial charge < -0.3 is 9.79 Å². The van der Waals surface area contributed by atoms with Crippen molar-refractivity contribution in [2.24, 2.45) is 0 Å². The van der Waals surface area contributed by atoms with Gasteiger partial charge in [0.1, 0.15) is 0 Å². The van der Waals surface area contributed by atoms with E-state index in [1.54, 1.807) is 6.92 Å². The second kappa shape index (κ2) is 5.57. The third-order valence-corrected chi connectivity index (χ3v) is 0.983. The minimum absolute atomic E-state index is 0. The van der Waals surface area contributed by atoms with Crippen molar-refractivity contribution in [1.29, 1.82) is 0 Å². The maximum atomic E-state index is 9.86. The SMILES string of the molecule is CCCOP(=O)(O)O.[Pt]. The smallest absolute Gasteiger partial charge is 0.303 e. The number of rotatable bonds is 3. The van der Waals surface area contributed by atoms with Crippen molar-refractivity contribution in [2.45, 2.75) is 13.3 Å². The van der Waals surface area contributed by atoms with Crippen molar-refractivity contribution < 1.29 is 39.9 Å². The van der Waals surface area contributed by atoms with Gasteiger partial charge in [0, 0.05) is 21.1 Å². The molecule has 0 fully saturated rings. The molecule has 0 aromatic rings. The molecule has 0 aliphatic carbocycles. The molecule has 0 heterocycles. The van der Waals surface area contributed by atoms with Crippen LogP contribution in [0, 0.1) is 0 Å². The van der Waals surface area contributed by atoms with Gasteiger partial charge in [-0.25, -0.2) is 4.57 Å². The van der Waals surface area contributed by atoms with Crippen LogP contribution in [0.4, 0.5) is 0 Å². The number of hydrogen-bond acceptors (Lipinski definition) is 2. The summed E-state index contributed by atoms with van der Waals surface area (Å²) >= 11 is 0. The fourth-order valence-corrected chi connectivity index (χ4v) is 0.631. The van der Waals surface area contributed by atoms with Gasteiger partial charge in [-0.2, -0.15) is 0 Å². The Hall–Kier alpha value is 0.798. The molecule has 0 aromatic heterocycles. The standard InChI is InChI=1S/C3H9O4P.Pt/c1-2-3-7-8(4,5)6;/h2-3H2,1H3,(H2,4,5,6);. The van der Waals surface area contributed by atoms with Gasteiger partial charge in [0.2, 0.25) is 0 Å². The van der Waals surface area contributed by atoms with Gasteiger partial charge in [-0.1, -0.05) is 6.92 Å². The minimum Gasteiger partial charge on any atom is -0.303 e. The fourth-order valence-electron chi connectivity index (χ4n) is 0.210. The summed E-state index contributed by atoms with van der Waals surface area (Å²) < 4.78 is 13.9. The molecule has 0 aromatic carbocycles. The molecule has 0 bridgehead atoms. The van der Waals surface area contributed by atoms with Gasteiger partial charge in [-0.15, -0.1) is 0 Å². The largest absolute Gasteiger partial charge is 0.469 e. The Morgan fingerprint density at radius 3 is 2.11 bits per heavy atom. The van der Waals surface area contributed by atoms with Crippen molar-refractivity contribution >= 4 is 7.82 Å². The summed E-state index contributed by atoms with van der Waals surface area (Å²) in [5, 5.41) is 0. The van der Waals surface area contributed by atoms with Crippen molar-refractivity contribution in [3.63, 3.8) is 0 Å². The number of hydrogen-bond donors (Lipinski definition) is 2. The first kappa shape index (κ1) is 12.5. The Morgan fingerprint density at radius 2 is 2.00 bits per heavy atom. The zero-order valence-corrected chi connectivity index (χ0v) is 8.06. The van der Waals surface area contributed by atoms with Crippen LogP contribution in [0.5, 0.6) is 0 Å². The van der Waals surface area contributed by atoms with Crippen LogP contribution >= 0.6 is 7.82 Å². The van der Waals surface area contributed by atoms with Crippen LogP contribution in [0.15, 0.2) is 0 Å². The van der Waals surface area contributed by atoms with Crippen molar-refractivity contribution in [3.8, 4) is 0 Å². The van der Waals surface area contributed by atoms with Crippen LogP contribution in [0.1, 0.15) is 13.3 Å². The Kier molecular flexibility index (Phi) is 7.72. The molecule has 0 aliphatic heterocycles. The van der Waals surface area contributed by atoms with Crippen LogP contribution in [0.2, 0.25) is 0 Å². The maximum absolute atomic E-state index is 9.86. The molecule has 0 atom stereocenters.